The van der Waals surface area contributed by atoms with Crippen molar-refractivity contribution in [1.29, 1.82) is 0 Å². The van der Waals surface area contributed by atoms with Gasteiger partial charge < -0.3 is 9.47 Å². The Hall–Kier alpha value is -1.90. The zero-order chi connectivity index (χ0) is 13.4. The van der Waals surface area contributed by atoms with Crippen LogP contribution in [0.5, 0.6) is 0 Å². The van der Waals surface area contributed by atoms with Crippen LogP contribution in [-0.4, -0.2) is 24.4 Å². The van der Waals surface area contributed by atoms with E-state index >= 15 is 0 Å². The van der Waals surface area contributed by atoms with Gasteiger partial charge in [-0.2, -0.15) is 0 Å². The Balaban J connectivity index is 2.73. The van der Waals surface area contributed by atoms with Crippen molar-refractivity contribution in [2.75, 3.05) is 13.2 Å². The van der Waals surface area contributed by atoms with Crippen molar-refractivity contribution in [3.63, 3.8) is 0 Å². The van der Waals surface area contributed by atoms with E-state index in [1.807, 2.05) is 13.8 Å². The van der Waals surface area contributed by atoms with Crippen LogP contribution in [0.1, 0.15) is 19.4 Å². The number of non-ortho nitro benzene ring substituents is 1. The minimum Gasteiger partial charge on any atom is -0.342 e. The van der Waals surface area contributed by atoms with E-state index in [9.17, 15) is 10.1 Å². The lowest BCUT2D eigenvalue weighted by Gasteiger charge is -2.09. The van der Waals surface area contributed by atoms with Crippen LogP contribution in [0.25, 0.3) is 0 Å². The van der Waals surface area contributed by atoms with Crippen molar-refractivity contribution in [3.8, 4) is 11.8 Å². The molecular weight excluding hydrogens is 234 g/mol. The monoisotopic (exact) mass is 249 g/mol. The standard InChI is InChI=1S/C13H15NO4/c1-3-17-13(18-4-2)10-7-11-5-8-12(9-6-11)14(15)16/h5-6,8-9,13H,3-4H2,1-2H3. The quantitative estimate of drug-likeness (QED) is 0.348. The van der Waals surface area contributed by atoms with Gasteiger partial charge in [0.1, 0.15) is 0 Å². The van der Waals surface area contributed by atoms with Crippen molar-refractivity contribution >= 4 is 5.69 Å². The summed E-state index contributed by atoms with van der Waals surface area (Å²) in [5, 5.41) is 10.5. The number of nitrogens with zero attached hydrogens (tertiary/aromatic N) is 1. The number of rotatable bonds is 5. The molecule has 96 valence electrons. The number of nitro benzene ring substituents is 1. The summed E-state index contributed by atoms with van der Waals surface area (Å²) in [6.45, 7) is 4.75. The molecule has 1 rings (SSSR count). The van der Waals surface area contributed by atoms with Gasteiger partial charge in [0.2, 0.25) is 6.29 Å². The van der Waals surface area contributed by atoms with Gasteiger partial charge in [-0.05, 0) is 31.9 Å². The molecule has 0 fully saturated rings. The lowest BCUT2D eigenvalue weighted by molar-refractivity contribution is -0.384. The number of nitro groups is 1. The van der Waals surface area contributed by atoms with E-state index in [1.54, 1.807) is 12.1 Å². The van der Waals surface area contributed by atoms with E-state index in [1.165, 1.54) is 12.1 Å². The van der Waals surface area contributed by atoms with E-state index in [4.69, 9.17) is 9.47 Å². The summed E-state index contributed by atoms with van der Waals surface area (Å²) < 4.78 is 10.5. The van der Waals surface area contributed by atoms with Gasteiger partial charge >= 0.3 is 0 Å². The molecule has 0 atom stereocenters. The summed E-state index contributed by atoms with van der Waals surface area (Å²) in [6, 6.07) is 6.03. The second-order valence-electron chi connectivity index (χ2n) is 3.32. The number of benzene rings is 1. The minimum atomic E-state index is -0.560. The summed E-state index contributed by atoms with van der Waals surface area (Å²) in [5.41, 5.74) is 0.733. The Labute approximate surface area is 106 Å². The van der Waals surface area contributed by atoms with Gasteiger partial charge in [-0.3, -0.25) is 10.1 Å². The maximum atomic E-state index is 10.5. The second kappa shape index (κ2) is 7.43. The highest BCUT2D eigenvalue weighted by Gasteiger charge is 2.04. The Morgan fingerprint density at radius 1 is 1.22 bits per heavy atom. The van der Waals surface area contributed by atoms with Crippen molar-refractivity contribution in [2.24, 2.45) is 0 Å². The fourth-order valence-electron chi connectivity index (χ4n) is 1.24. The first-order valence-corrected chi connectivity index (χ1v) is 5.66. The first kappa shape index (κ1) is 14.2. The van der Waals surface area contributed by atoms with Gasteiger partial charge in [0, 0.05) is 30.9 Å². The largest absolute Gasteiger partial charge is 0.342 e. The summed E-state index contributed by atoms with van der Waals surface area (Å²) >= 11 is 0. The van der Waals surface area contributed by atoms with Gasteiger partial charge in [-0.15, -0.1) is 0 Å². The summed E-state index contributed by atoms with van der Waals surface area (Å²) in [6.07, 6.45) is -0.560. The van der Waals surface area contributed by atoms with Gasteiger partial charge in [0.15, 0.2) is 0 Å². The van der Waals surface area contributed by atoms with Crippen LogP contribution in [0.4, 0.5) is 5.69 Å². The summed E-state index contributed by atoms with van der Waals surface area (Å²) in [4.78, 5) is 10.0. The van der Waals surface area contributed by atoms with E-state index in [-0.39, 0.29) is 5.69 Å². The lowest BCUT2D eigenvalue weighted by Crippen LogP contribution is -2.14. The van der Waals surface area contributed by atoms with E-state index < -0.39 is 11.2 Å². The van der Waals surface area contributed by atoms with Gasteiger partial charge in [-0.25, -0.2) is 0 Å². The van der Waals surface area contributed by atoms with Crippen LogP contribution in [-0.2, 0) is 9.47 Å². The second-order valence-corrected chi connectivity index (χ2v) is 3.32. The molecule has 0 N–H and O–H groups in total. The predicted molar refractivity (Wildman–Crippen MR) is 67.0 cm³/mol. The average molecular weight is 249 g/mol. The molecule has 0 aliphatic rings. The first-order chi connectivity index (χ1) is 8.67. The highest BCUT2D eigenvalue weighted by Crippen LogP contribution is 2.11. The van der Waals surface area contributed by atoms with Crippen LogP contribution in [0.2, 0.25) is 0 Å². The molecule has 0 spiro atoms. The van der Waals surface area contributed by atoms with Crippen molar-refractivity contribution in [2.45, 2.75) is 20.1 Å². The molecule has 0 amide bonds. The number of ether oxygens (including phenoxy) is 2. The maximum absolute atomic E-state index is 10.5. The summed E-state index contributed by atoms with van der Waals surface area (Å²) in [7, 11) is 0. The Morgan fingerprint density at radius 3 is 2.22 bits per heavy atom. The molecule has 5 heteroatoms. The van der Waals surface area contributed by atoms with Crippen LogP contribution in [0.15, 0.2) is 24.3 Å². The molecule has 0 radical (unpaired) electrons. The van der Waals surface area contributed by atoms with Crippen molar-refractivity contribution < 1.29 is 14.4 Å². The molecule has 0 unspecified atom stereocenters. The average Bonchev–Trinajstić information content (AvgIpc) is 2.37. The molecule has 0 aliphatic heterocycles. The third kappa shape index (κ3) is 4.53. The lowest BCUT2D eigenvalue weighted by atomic mass is 10.2. The SMILES string of the molecule is CCOC(C#Cc1ccc([N+](=O)[O-])cc1)OCC. The fraction of sp³-hybridized carbons (Fsp3) is 0.385. The molecule has 5 nitrogen and oxygen atoms in total. The van der Waals surface area contributed by atoms with Crippen LogP contribution < -0.4 is 0 Å². The van der Waals surface area contributed by atoms with E-state index in [0.717, 1.165) is 0 Å². The molecule has 18 heavy (non-hydrogen) atoms. The fourth-order valence-corrected chi connectivity index (χ4v) is 1.24. The predicted octanol–water partition coefficient (Wildman–Crippen LogP) is 2.35. The molecular formula is C13H15NO4. The highest BCUT2D eigenvalue weighted by atomic mass is 16.7. The Morgan fingerprint density at radius 2 is 1.78 bits per heavy atom. The highest BCUT2D eigenvalue weighted by molar-refractivity contribution is 5.41. The smallest absolute Gasteiger partial charge is 0.269 e. The molecule has 0 bridgehead atoms. The zero-order valence-electron chi connectivity index (χ0n) is 10.4. The van der Waals surface area contributed by atoms with E-state index in [2.05, 4.69) is 11.8 Å². The molecule has 0 aromatic heterocycles. The van der Waals surface area contributed by atoms with Gasteiger partial charge in [0.25, 0.3) is 5.69 Å². The van der Waals surface area contributed by atoms with Crippen LogP contribution in [0.3, 0.4) is 0 Å². The third-order valence-corrected chi connectivity index (χ3v) is 2.05. The van der Waals surface area contributed by atoms with Gasteiger partial charge in [0.05, 0.1) is 4.92 Å². The summed E-state index contributed by atoms with van der Waals surface area (Å²) in [5.74, 6) is 5.68. The molecule has 0 saturated carbocycles. The molecule has 0 aliphatic carbocycles. The van der Waals surface area contributed by atoms with Crippen molar-refractivity contribution in [1.82, 2.24) is 0 Å². The molecule has 0 saturated heterocycles. The van der Waals surface area contributed by atoms with E-state index in [0.29, 0.717) is 18.8 Å². The number of hydrogen-bond donors (Lipinski definition) is 0. The van der Waals surface area contributed by atoms with Gasteiger partial charge in [-0.1, -0.05) is 5.92 Å². The topological polar surface area (TPSA) is 61.6 Å². The van der Waals surface area contributed by atoms with Crippen LogP contribution in [0, 0.1) is 22.0 Å². The van der Waals surface area contributed by atoms with Crippen molar-refractivity contribution in [3.05, 3.63) is 39.9 Å². The zero-order valence-corrected chi connectivity index (χ0v) is 10.4. The Bertz CT molecular complexity index is 438. The Kier molecular flexibility index (Phi) is 5.85. The third-order valence-electron chi connectivity index (χ3n) is 2.05. The van der Waals surface area contributed by atoms with Crippen LogP contribution >= 0.6 is 0 Å². The molecule has 1 aromatic carbocycles. The molecule has 0 heterocycles. The maximum Gasteiger partial charge on any atom is 0.269 e. The first-order valence-electron chi connectivity index (χ1n) is 5.66. The molecule has 1 aromatic rings. The number of hydrogen-bond acceptors (Lipinski definition) is 4. The minimum absolute atomic E-state index is 0.0479. The normalized spacial score (nSPS) is 9.94.